The van der Waals surface area contributed by atoms with E-state index in [0.29, 0.717) is 11.1 Å². The molecule has 0 spiro atoms. The number of carbonyl (C=O) groups is 2. The third kappa shape index (κ3) is 8.04. The van der Waals surface area contributed by atoms with E-state index in [1.165, 1.54) is 68.9 Å². The number of ether oxygens (including phenoxy) is 2. The molecule has 15 heteroatoms. The Morgan fingerprint density at radius 1 is 1.08 bits per heavy atom. The van der Waals surface area contributed by atoms with Crippen LogP contribution in [0.15, 0.2) is 81.3 Å². The number of nitrogens with zero attached hydrogens (tertiary/aromatic N) is 2. The fourth-order valence-corrected chi connectivity index (χ4v) is 6.19. The molecule has 52 heavy (non-hydrogen) atoms. The average molecular weight is 729 g/mol. The monoisotopic (exact) mass is 728 g/mol. The van der Waals surface area contributed by atoms with E-state index in [0.717, 1.165) is 0 Å². The number of rotatable bonds is 12. The van der Waals surface area contributed by atoms with Crippen LogP contribution in [0, 0.1) is 5.82 Å². The van der Waals surface area contributed by atoms with Gasteiger partial charge in [-0.3, -0.25) is 9.59 Å². The van der Waals surface area contributed by atoms with Crippen LogP contribution < -0.4 is 15.4 Å². The van der Waals surface area contributed by atoms with E-state index in [1.54, 1.807) is 19.1 Å². The highest BCUT2D eigenvalue weighted by Crippen LogP contribution is 2.41. The Balaban J connectivity index is 1.65. The number of amidine groups is 1. The topological polar surface area (TPSA) is 115 Å². The molecule has 3 aromatic carbocycles. The van der Waals surface area contributed by atoms with Crippen molar-refractivity contribution in [2.45, 2.75) is 57.0 Å². The van der Waals surface area contributed by atoms with E-state index in [9.17, 15) is 35.9 Å². The van der Waals surface area contributed by atoms with E-state index in [-0.39, 0.29) is 63.4 Å². The molecule has 4 aromatic rings. The van der Waals surface area contributed by atoms with Crippen molar-refractivity contribution in [2.24, 2.45) is 9.98 Å². The first-order valence-corrected chi connectivity index (χ1v) is 16.0. The minimum atomic E-state index is -4.51. The Morgan fingerprint density at radius 3 is 2.37 bits per heavy atom. The third-order valence-corrected chi connectivity index (χ3v) is 8.63. The SMILES string of the molecule is C=N/C(=N\C=C/C)C1(NC(=O)c2cc(-c3cc4c(C(=O)NC)c(-c5ccc(F)cc5)oc4cc3CCC(F)(F)F)ccc2OC)CC(OC(F)F)C1. The van der Waals surface area contributed by atoms with Crippen molar-refractivity contribution in [1.29, 1.82) is 0 Å². The first kappa shape index (κ1) is 37.8. The number of methoxy groups -OCH3 is 1. The number of hydrogen-bond acceptors (Lipinski definition) is 6. The van der Waals surface area contributed by atoms with Gasteiger partial charge in [-0.05, 0) is 85.3 Å². The largest absolute Gasteiger partial charge is 0.496 e. The van der Waals surface area contributed by atoms with Crippen LogP contribution in [0.2, 0.25) is 0 Å². The van der Waals surface area contributed by atoms with Gasteiger partial charge in [-0.1, -0.05) is 12.1 Å². The quantitative estimate of drug-likeness (QED) is 0.0866. The number of furan rings is 1. The Morgan fingerprint density at radius 2 is 1.77 bits per heavy atom. The van der Waals surface area contributed by atoms with Crippen LogP contribution in [-0.2, 0) is 11.2 Å². The number of carbonyl (C=O) groups excluding carboxylic acids is 2. The normalized spacial score (nSPS) is 17.7. The number of fused-ring (bicyclic) bond motifs is 1. The highest BCUT2D eigenvalue weighted by Gasteiger charge is 2.51. The van der Waals surface area contributed by atoms with Crippen LogP contribution in [0.1, 0.15) is 52.5 Å². The number of nitrogens with one attached hydrogen (secondary N) is 2. The van der Waals surface area contributed by atoms with Gasteiger partial charge in [0.2, 0.25) is 0 Å². The first-order valence-electron chi connectivity index (χ1n) is 16.0. The van der Waals surface area contributed by atoms with Gasteiger partial charge in [0.15, 0.2) is 5.84 Å². The van der Waals surface area contributed by atoms with Crippen molar-refractivity contribution >= 4 is 35.3 Å². The molecule has 1 aliphatic rings. The summed E-state index contributed by atoms with van der Waals surface area (Å²) in [4.78, 5) is 35.4. The predicted molar refractivity (Wildman–Crippen MR) is 183 cm³/mol. The Bertz CT molecular complexity index is 2030. The summed E-state index contributed by atoms with van der Waals surface area (Å²) in [6.45, 7) is 2.17. The number of hydrogen-bond donors (Lipinski definition) is 2. The molecular weight excluding hydrogens is 694 g/mol. The van der Waals surface area contributed by atoms with E-state index < -0.39 is 54.9 Å². The highest BCUT2D eigenvalue weighted by atomic mass is 19.4. The second-order valence-electron chi connectivity index (χ2n) is 12.0. The average Bonchev–Trinajstić information content (AvgIpc) is 3.47. The lowest BCUT2D eigenvalue weighted by molar-refractivity contribution is -0.190. The smallest absolute Gasteiger partial charge is 0.389 e. The molecule has 1 saturated carbocycles. The number of amides is 2. The van der Waals surface area contributed by atoms with Gasteiger partial charge in [0, 0.05) is 43.5 Å². The molecule has 2 amide bonds. The van der Waals surface area contributed by atoms with Crippen LogP contribution in [0.5, 0.6) is 5.75 Å². The first-order chi connectivity index (χ1) is 24.7. The van der Waals surface area contributed by atoms with Gasteiger partial charge in [0.25, 0.3) is 11.8 Å². The molecule has 5 rings (SSSR count). The zero-order valence-corrected chi connectivity index (χ0v) is 28.2. The minimum Gasteiger partial charge on any atom is -0.496 e. The molecule has 1 aliphatic carbocycles. The van der Waals surface area contributed by atoms with Crippen LogP contribution >= 0.6 is 0 Å². The maximum atomic E-state index is 14.0. The molecule has 0 saturated heterocycles. The lowest BCUT2D eigenvalue weighted by atomic mass is 9.72. The van der Waals surface area contributed by atoms with Crippen molar-refractivity contribution < 1.29 is 49.8 Å². The summed E-state index contributed by atoms with van der Waals surface area (Å²) < 4.78 is 96.5. The van der Waals surface area contributed by atoms with Crippen molar-refractivity contribution in [3.8, 4) is 28.2 Å². The van der Waals surface area contributed by atoms with E-state index in [4.69, 9.17) is 9.15 Å². The third-order valence-electron chi connectivity index (χ3n) is 8.63. The number of allylic oxidation sites excluding steroid dienone is 1. The zero-order valence-electron chi connectivity index (χ0n) is 28.2. The van der Waals surface area contributed by atoms with Crippen LogP contribution in [0.3, 0.4) is 0 Å². The summed E-state index contributed by atoms with van der Waals surface area (Å²) in [5.74, 6) is -1.58. The summed E-state index contributed by atoms with van der Waals surface area (Å²) in [6, 6.07) is 12.5. The van der Waals surface area contributed by atoms with Gasteiger partial charge in [0.05, 0.1) is 24.3 Å². The summed E-state index contributed by atoms with van der Waals surface area (Å²) >= 11 is 0. The summed E-state index contributed by atoms with van der Waals surface area (Å²) in [7, 11) is 2.72. The lowest BCUT2D eigenvalue weighted by Gasteiger charge is -2.46. The molecule has 2 N–H and O–H groups in total. The standard InChI is InChI=1S/C37H34F6N4O5/c1-5-14-46-34(45-3)36(18-24(19-36)51-35(39)40)47-32(48)27-15-21(8-11-28(27)50-4)25-17-26-29(16-22(25)12-13-37(41,42)43)52-31(30(26)33(49)44-2)20-6-9-23(38)10-7-20/h5-11,14-17,24,35H,3,12-13,18-19H2,1-2,4H3,(H,44,49)(H,47,48)/b14-5-,46-34-. The fourth-order valence-electron chi connectivity index (χ4n) is 6.19. The van der Waals surface area contributed by atoms with Gasteiger partial charge in [-0.15, -0.1) is 0 Å². The van der Waals surface area contributed by atoms with Gasteiger partial charge in [-0.2, -0.15) is 22.0 Å². The molecule has 0 bridgehead atoms. The second kappa shape index (κ2) is 15.4. The van der Waals surface area contributed by atoms with Crippen LogP contribution in [0.25, 0.3) is 33.4 Å². The molecule has 1 fully saturated rings. The number of alkyl halides is 5. The van der Waals surface area contributed by atoms with Gasteiger partial charge in [0.1, 0.15) is 28.4 Å². The Hall–Kier alpha value is -5.44. The van der Waals surface area contributed by atoms with E-state index in [1.807, 2.05) is 0 Å². The van der Waals surface area contributed by atoms with E-state index >= 15 is 0 Å². The molecule has 1 heterocycles. The molecule has 274 valence electrons. The molecule has 0 radical (unpaired) electrons. The van der Waals surface area contributed by atoms with Crippen LogP contribution in [0.4, 0.5) is 26.3 Å². The summed E-state index contributed by atoms with van der Waals surface area (Å²) in [5.41, 5.74) is -0.0933. The lowest BCUT2D eigenvalue weighted by Crippen LogP contribution is -2.64. The summed E-state index contributed by atoms with van der Waals surface area (Å²) in [6.07, 6.45) is -4.28. The molecule has 1 aromatic heterocycles. The van der Waals surface area contributed by atoms with E-state index in [2.05, 4.69) is 32.1 Å². The molecule has 0 unspecified atom stereocenters. The van der Waals surface area contributed by atoms with Crippen molar-refractivity contribution in [2.75, 3.05) is 14.2 Å². The van der Waals surface area contributed by atoms with Crippen molar-refractivity contribution in [3.05, 3.63) is 89.4 Å². The maximum Gasteiger partial charge on any atom is 0.389 e. The fraction of sp³-hybridized carbons (Fsp3) is 0.297. The molecule has 9 nitrogen and oxygen atoms in total. The van der Waals surface area contributed by atoms with Gasteiger partial charge < -0.3 is 24.5 Å². The summed E-state index contributed by atoms with van der Waals surface area (Å²) in [5, 5.41) is 5.62. The Labute approximate surface area is 294 Å². The van der Waals surface area contributed by atoms with Gasteiger partial charge in [-0.25, -0.2) is 14.4 Å². The Kier molecular flexibility index (Phi) is 11.2. The zero-order chi connectivity index (χ0) is 37.8. The predicted octanol–water partition coefficient (Wildman–Crippen LogP) is 8.27. The maximum absolute atomic E-state index is 14.0. The number of aryl methyl sites for hydroxylation is 1. The number of aliphatic imine (C=N–C) groups is 2. The van der Waals surface area contributed by atoms with Crippen LogP contribution in [-0.4, -0.2) is 63.0 Å². The molecule has 0 aliphatic heterocycles. The number of halogens is 6. The van der Waals surface area contributed by atoms with Gasteiger partial charge >= 0.3 is 12.8 Å². The van der Waals surface area contributed by atoms with Crippen molar-refractivity contribution in [1.82, 2.24) is 10.6 Å². The highest BCUT2D eigenvalue weighted by molar-refractivity contribution is 6.12. The second-order valence-corrected chi connectivity index (χ2v) is 12.0. The number of benzene rings is 3. The van der Waals surface area contributed by atoms with Crippen molar-refractivity contribution in [3.63, 3.8) is 0 Å². The molecule has 0 atom stereocenters. The minimum absolute atomic E-state index is 0.0420. The molecular formula is C37H34F6N4O5.